The van der Waals surface area contributed by atoms with Gasteiger partial charge in [-0.05, 0) is 36.8 Å². The second-order valence-electron chi connectivity index (χ2n) is 6.98. The summed E-state index contributed by atoms with van der Waals surface area (Å²) < 4.78 is 1.96. The molecule has 160 valence electrons. The van der Waals surface area contributed by atoms with Crippen LogP contribution in [0.25, 0.3) is 17.1 Å². The van der Waals surface area contributed by atoms with Crippen LogP contribution in [0.1, 0.15) is 11.1 Å². The van der Waals surface area contributed by atoms with E-state index in [1.807, 2.05) is 78.2 Å². The predicted molar refractivity (Wildman–Crippen MR) is 129 cm³/mol. The Hall–Kier alpha value is -3.42. The van der Waals surface area contributed by atoms with Crippen molar-refractivity contribution in [2.45, 2.75) is 12.1 Å². The highest BCUT2D eigenvalue weighted by atomic mass is 35.5. The zero-order chi connectivity index (χ0) is 22.3. The fourth-order valence-electron chi connectivity index (χ4n) is 2.95. The highest BCUT2D eigenvalue weighted by Gasteiger charge is 2.17. The second-order valence-corrected chi connectivity index (χ2v) is 8.36. The van der Waals surface area contributed by atoms with Crippen LogP contribution in [0, 0.1) is 6.92 Å². The number of para-hydroxylation sites is 1. The minimum Gasteiger partial charge on any atom is -0.272 e. The Morgan fingerprint density at radius 1 is 1.03 bits per heavy atom. The van der Waals surface area contributed by atoms with Crippen molar-refractivity contribution in [1.82, 2.24) is 20.2 Å². The smallest absolute Gasteiger partial charge is 0.250 e. The molecule has 1 aromatic heterocycles. The molecule has 3 aromatic carbocycles. The van der Waals surface area contributed by atoms with Gasteiger partial charge in [-0.25, -0.2) is 5.43 Å². The fraction of sp³-hybridized carbons (Fsp3) is 0.0833. The number of rotatable bonds is 7. The third-order valence-electron chi connectivity index (χ3n) is 4.56. The van der Waals surface area contributed by atoms with Crippen LogP contribution in [-0.2, 0) is 4.79 Å². The van der Waals surface area contributed by atoms with Crippen molar-refractivity contribution in [3.63, 3.8) is 0 Å². The number of nitrogens with zero attached hydrogens (tertiary/aromatic N) is 4. The van der Waals surface area contributed by atoms with E-state index in [0.29, 0.717) is 10.2 Å². The van der Waals surface area contributed by atoms with Gasteiger partial charge in [-0.1, -0.05) is 83.5 Å². The van der Waals surface area contributed by atoms with E-state index in [1.165, 1.54) is 17.3 Å². The number of amides is 1. The average molecular weight is 462 g/mol. The fourth-order valence-corrected chi connectivity index (χ4v) is 3.82. The van der Waals surface area contributed by atoms with E-state index in [-0.39, 0.29) is 11.7 Å². The van der Waals surface area contributed by atoms with E-state index >= 15 is 0 Å². The molecule has 8 heteroatoms. The molecule has 0 saturated carbocycles. The number of nitrogens with one attached hydrogen (secondary N) is 1. The van der Waals surface area contributed by atoms with Crippen molar-refractivity contribution in [2.24, 2.45) is 5.10 Å². The molecule has 0 saturated heterocycles. The van der Waals surface area contributed by atoms with Gasteiger partial charge in [0.15, 0.2) is 11.0 Å². The lowest BCUT2D eigenvalue weighted by atomic mass is 10.1. The Bertz CT molecular complexity index is 1220. The minimum absolute atomic E-state index is 0.150. The van der Waals surface area contributed by atoms with Gasteiger partial charge in [-0.15, -0.1) is 10.2 Å². The van der Waals surface area contributed by atoms with Gasteiger partial charge in [0, 0.05) is 16.3 Å². The van der Waals surface area contributed by atoms with Crippen molar-refractivity contribution in [3.8, 4) is 17.1 Å². The maximum atomic E-state index is 12.3. The summed E-state index contributed by atoms with van der Waals surface area (Å²) in [4.78, 5) is 12.3. The highest BCUT2D eigenvalue weighted by Crippen LogP contribution is 2.28. The molecule has 4 aromatic rings. The summed E-state index contributed by atoms with van der Waals surface area (Å²) >= 11 is 7.17. The number of aromatic nitrogens is 3. The summed E-state index contributed by atoms with van der Waals surface area (Å²) in [7, 11) is 0. The van der Waals surface area contributed by atoms with Gasteiger partial charge in [-0.3, -0.25) is 9.36 Å². The molecule has 0 fully saturated rings. The first kappa shape index (κ1) is 21.8. The number of halogens is 1. The first-order valence-electron chi connectivity index (χ1n) is 9.88. The third kappa shape index (κ3) is 5.43. The Morgan fingerprint density at radius 3 is 2.47 bits per heavy atom. The molecule has 32 heavy (non-hydrogen) atoms. The van der Waals surface area contributed by atoms with Gasteiger partial charge in [0.05, 0.1) is 12.0 Å². The molecular weight excluding hydrogens is 442 g/mol. The molecule has 1 heterocycles. The molecule has 0 spiro atoms. The monoisotopic (exact) mass is 461 g/mol. The number of thioether (sulfide) groups is 1. The Balaban J connectivity index is 1.49. The van der Waals surface area contributed by atoms with Gasteiger partial charge in [0.1, 0.15) is 0 Å². The number of carbonyl (C=O) groups is 1. The summed E-state index contributed by atoms with van der Waals surface area (Å²) in [6.45, 7) is 2.04. The van der Waals surface area contributed by atoms with Crippen LogP contribution in [0.2, 0.25) is 5.02 Å². The van der Waals surface area contributed by atoms with E-state index in [9.17, 15) is 4.79 Å². The number of hydrogen-bond donors (Lipinski definition) is 1. The Morgan fingerprint density at radius 2 is 1.75 bits per heavy atom. The van der Waals surface area contributed by atoms with Crippen molar-refractivity contribution in [3.05, 3.63) is 95.0 Å². The van der Waals surface area contributed by atoms with Crippen LogP contribution in [0.4, 0.5) is 0 Å². The lowest BCUT2D eigenvalue weighted by molar-refractivity contribution is -0.118. The molecule has 0 bridgehead atoms. The second kappa shape index (κ2) is 10.3. The van der Waals surface area contributed by atoms with Gasteiger partial charge in [0.2, 0.25) is 0 Å². The summed E-state index contributed by atoms with van der Waals surface area (Å²) in [5, 5.41) is 14.0. The van der Waals surface area contributed by atoms with Crippen LogP contribution in [0.5, 0.6) is 0 Å². The minimum atomic E-state index is -0.236. The lowest BCUT2D eigenvalue weighted by Crippen LogP contribution is -2.20. The predicted octanol–water partition coefficient (Wildman–Crippen LogP) is 5.14. The van der Waals surface area contributed by atoms with Crippen LogP contribution in [0.15, 0.2) is 89.1 Å². The first-order chi connectivity index (χ1) is 15.6. The summed E-state index contributed by atoms with van der Waals surface area (Å²) in [6, 6.07) is 25.1. The first-order valence-corrected chi connectivity index (χ1v) is 11.2. The van der Waals surface area contributed by atoms with Crippen molar-refractivity contribution < 1.29 is 4.79 Å². The normalized spacial score (nSPS) is 11.1. The molecule has 0 radical (unpaired) electrons. The number of aryl methyl sites for hydroxylation is 1. The van der Waals surface area contributed by atoms with Crippen LogP contribution >= 0.6 is 23.4 Å². The Labute approximate surface area is 195 Å². The standard InChI is InChI=1S/C24H20ClN5OS/c1-17-7-11-19(12-8-17)23-28-29-24(30(23)21-5-3-2-4-6-21)32-16-22(31)27-26-15-18-9-13-20(25)14-10-18/h2-15H,16H2,1H3,(H,27,31)/b26-15+. The Kier molecular flexibility index (Phi) is 6.99. The number of hydrogen-bond acceptors (Lipinski definition) is 5. The van der Waals surface area contributed by atoms with Crippen LogP contribution in [-0.4, -0.2) is 32.6 Å². The summed E-state index contributed by atoms with van der Waals surface area (Å²) in [6.07, 6.45) is 1.57. The molecule has 1 N–H and O–H groups in total. The van der Waals surface area contributed by atoms with Crippen molar-refractivity contribution in [1.29, 1.82) is 0 Å². The molecule has 0 aliphatic rings. The molecule has 0 aliphatic heterocycles. The number of carbonyl (C=O) groups excluding carboxylic acids is 1. The quantitative estimate of drug-likeness (QED) is 0.235. The van der Waals surface area contributed by atoms with E-state index < -0.39 is 0 Å². The maximum absolute atomic E-state index is 12.3. The van der Waals surface area contributed by atoms with Crippen molar-refractivity contribution in [2.75, 3.05) is 5.75 Å². The molecule has 4 rings (SSSR count). The SMILES string of the molecule is Cc1ccc(-c2nnc(SCC(=O)N/N=C/c3ccc(Cl)cc3)n2-c2ccccc2)cc1. The topological polar surface area (TPSA) is 72.2 Å². The zero-order valence-corrected chi connectivity index (χ0v) is 18.8. The lowest BCUT2D eigenvalue weighted by Gasteiger charge is -2.10. The number of hydrazone groups is 1. The van der Waals surface area contributed by atoms with E-state index in [0.717, 1.165) is 22.6 Å². The molecular formula is C24H20ClN5OS. The van der Waals surface area contributed by atoms with Crippen LogP contribution < -0.4 is 5.43 Å². The molecule has 6 nitrogen and oxygen atoms in total. The van der Waals surface area contributed by atoms with Gasteiger partial charge in [0.25, 0.3) is 5.91 Å². The van der Waals surface area contributed by atoms with Crippen LogP contribution in [0.3, 0.4) is 0 Å². The van der Waals surface area contributed by atoms with E-state index in [4.69, 9.17) is 11.6 Å². The van der Waals surface area contributed by atoms with E-state index in [1.54, 1.807) is 18.3 Å². The van der Waals surface area contributed by atoms with Crippen molar-refractivity contribution >= 4 is 35.5 Å². The van der Waals surface area contributed by atoms with E-state index in [2.05, 4.69) is 20.7 Å². The highest BCUT2D eigenvalue weighted by molar-refractivity contribution is 7.99. The molecule has 0 atom stereocenters. The third-order valence-corrected chi connectivity index (χ3v) is 5.74. The summed E-state index contributed by atoms with van der Waals surface area (Å²) in [5.74, 6) is 0.635. The van der Waals surface area contributed by atoms with Gasteiger partial charge in [-0.2, -0.15) is 5.10 Å². The van der Waals surface area contributed by atoms with Gasteiger partial charge < -0.3 is 0 Å². The average Bonchev–Trinajstić information content (AvgIpc) is 3.24. The summed E-state index contributed by atoms with van der Waals surface area (Å²) in [5.41, 5.74) is 6.43. The van der Waals surface area contributed by atoms with Gasteiger partial charge >= 0.3 is 0 Å². The maximum Gasteiger partial charge on any atom is 0.250 e. The molecule has 0 unspecified atom stereocenters. The largest absolute Gasteiger partial charge is 0.272 e. The molecule has 0 aliphatic carbocycles. The number of benzene rings is 3. The molecule has 1 amide bonds. The zero-order valence-electron chi connectivity index (χ0n) is 17.3.